The van der Waals surface area contributed by atoms with Crippen LogP contribution >= 0.6 is 0 Å². The Kier molecular flexibility index (Phi) is 7.03. The van der Waals surface area contributed by atoms with Crippen LogP contribution in [0.15, 0.2) is 18.3 Å². The monoisotopic (exact) mass is 358 g/mol. The Labute approximate surface area is 158 Å². The number of unbranched alkanes of at least 4 members (excludes halogenated alkanes) is 2. The van der Waals surface area contributed by atoms with Crippen LogP contribution in [0.5, 0.6) is 0 Å². The summed E-state index contributed by atoms with van der Waals surface area (Å²) in [7, 11) is 2.21. The molecule has 1 aliphatic heterocycles. The van der Waals surface area contributed by atoms with E-state index in [1.807, 2.05) is 12.3 Å². The lowest BCUT2D eigenvalue weighted by Gasteiger charge is -2.39. The predicted molar refractivity (Wildman–Crippen MR) is 105 cm³/mol. The first-order valence-electron chi connectivity index (χ1n) is 10.3. The second kappa shape index (κ2) is 9.47. The predicted octanol–water partition coefficient (Wildman–Crippen LogP) is 2.77. The standard InChI is InChI=1S/C21H34N4O/c1-3-4-5-11-20(26)25-14-13-22-18(16-25)15-24(2)19-10-6-8-17-9-7-12-23-21(17)19/h7,9,12,18-19,22H,3-6,8,10-11,13-16H2,1-2H3. The summed E-state index contributed by atoms with van der Waals surface area (Å²) in [5.74, 6) is 0.331. The van der Waals surface area contributed by atoms with Gasteiger partial charge in [0.1, 0.15) is 0 Å². The lowest BCUT2D eigenvalue weighted by atomic mass is 9.91. The van der Waals surface area contributed by atoms with E-state index < -0.39 is 0 Å². The number of likely N-dealkylation sites (N-methyl/N-ethyl adjacent to an activating group) is 1. The van der Waals surface area contributed by atoms with Crippen LogP contribution in [0.1, 0.15) is 62.7 Å². The molecule has 1 amide bonds. The van der Waals surface area contributed by atoms with Gasteiger partial charge >= 0.3 is 0 Å². The lowest BCUT2D eigenvalue weighted by molar-refractivity contribution is -0.132. The fraction of sp³-hybridized carbons (Fsp3) is 0.714. The van der Waals surface area contributed by atoms with Crippen molar-refractivity contribution in [2.75, 3.05) is 33.2 Å². The molecule has 1 aromatic rings. The zero-order valence-electron chi connectivity index (χ0n) is 16.4. The highest BCUT2D eigenvalue weighted by Gasteiger charge is 2.29. The van der Waals surface area contributed by atoms with Crippen molar-refractivity contribution in [2.45, 2.75) is 64.0 Å². The number of nitrogens with zero attached hydrogens (tertiary/aromatic N) is 3. The Bertz CT molecular complexity index is 591. The minimum absolute atomic E-state index is 0.331. The molecule has 3 rings (SSSR count). The molecular formula is C21H34N4O. The van der Waals surface area contributed by atoms with Crippen molar-refractivity contribution in [1.29, 1.82) is 0 Å². The zero-order valence-corrected chi connectivity index (χ0v) is 16.4. The van der Waals surface area contributed by atoms with Gasteiger partial charge in [0.2, 0.25) is 5.91 Å². The first-order chi connectivity index (χ1) is 12.7. The molecule has 1 N–H and O–H groups in total. The van der Waals surface area contributed by atoms with Gasteiger partial charge in [0.25, 0.3) is 0 Å². The van der Waals surface area contributed by atoms with Gasteiger partial charge in [0, 0.05) is 44.8 Å². The van der Waals surface area contributed by atoms with Crippen LogP contribution < -0.4 is 5.32 Å². The van der Waals surface area contributed by atoms with Crippen molar-refractivity contribution in [3.63, 3.8) is 0 Å². The highest BCUT2D eigenvalue weighted by atomic mass is 16.2. The highest BCUT2D eigenvalue weighted by molar-refractivity contribution is 5.76. The van der Waals surface area contributed by atoms with E-state index in [1.165, 1.54) is 30.5 Å². The average Bonchev–Trinajstić information content (AvgIpc) is 2.68. The molecule has 0 bridgehead atoms. The molecule has 5 heteroatoms. The fourth-order valence-corrected chi connectivity index (χ4v) is 4.35. The van der Waals surface area contributed by atoms with Crippen LogP contribution in [0.25, 0.3) is 0 Å². The number of pyridine rings is 1. The number of piperazine rings is 1. The number of hydrogen-bond donors (Lipinski definition) is 1. The summed E-state index contributed by atoms with van der Waals surface area (Å²) < 4.78 is 0. The summed E-state index contributed by atoms with van der Waals surface area (Å²) in [6.07, 6.45) is 9.51. The Morgan fingerprint density at radius 2 is 2.31 bits per heavy atom. The highest BCUT2D eigenvalue weighted by Crippen LogP contribution is 2.31. The molecule has 26 heavy (non-hydrogen) atoms. The van der Waals surface area contributed by atoms with Crippen molar-refractivity contribution < 1.29 is 4.79 Å². The third-order valence-electron chi connectivity index (χ3n) is 5.81. The van der Waals surface area contributed by atoms with Crippen molar-refractivity contribution in [2.24, 2.45) is 0 Å². The summed E-state index contributed by atoms with van der Waals surface area (Å²) in [6.45, 7) is 5.71. The maximum atomic E-state index is 12.4. The van der Waals surface area contributed by atoms with E-state index in [0.717, 1.165) is 45.4 Å². The Balaban J connectivity index is 1.54. The number of hydrogen-bond acceptors (Lipinski definition) is 4. The molecule has 1 fully saturated rings. The van der Waals surface area contributed by atoms with Gasteiger partial charge < -0.3 is 10.2 Å². The Morgan fingerprint density at radius 3 is 3.15 bits per heavy atom. The van der Waals surface area contributed by atoms with E-state index in [9.17, 15) is 4.79 Å². The molecule has 1 aromatic heterocycles. The number of rotatable bonds is 7. The topological polar surface area (TPSA) is 48.5 Å². The van der Waals surface area contributed by atoms with Crippen LogP contribution in [-0.4, -0.2) is 60.0 Å². The number of aromatic nitrogens is 1. The van der Waals surface area contributed by atoms with Gasteiger partial charge in [0.05, 0.1) is 11.7 Å². The third kappa shape index (κ3) is 4.83. The molecule has 2 heterocycles. The molecule has 144 valence electrons. The van der Waals surface area contributed by atoms with Crippen LogP contribution in [0.2, 0.25) is 0 Å². The van der Waals surface area contributed by atoms with Crippen molar-refractivity contribution in [1.82, 2.24) is 20.1 Å². The van der Waals surface area contributed by atoms with E-state index in [1.54, 1.807) is 0 Å². The number of fused-ring (bicyclic) bond motifs is 1. The molecule has 5 nitrogen and oxygen atoms in total. The summed E-state index contributed by atoms with van der Waals surface area (Å²) >= 11 is 0. The molecule has 0 saturated carbocycles. The maximum absolute atomic E-state index is 12.4. The first kappa shape index (κ1) is 19.3. The van der Waals surface area contributed by atoms with E-state index in [2.05, 4.69) is 40.1 Å². The van der Waals surface area contributed by atoms with Crippen LogP contribution in [-0.2, 0) is 11.2 Å². The fourth-order valence-electron chi connectivity index (χ4n) is 4.35. The van der Waals surface area contributed by atoms with Crippen molar-refractivity contribution in [3.05, 3.63) is 29.6 Å². The summed E-state index contributed by atoms with van der Waals surface area (Å²) in [5, 5.41) is 3.61. The minimum atomic E-state index is 0.331. The molecular weight excluding hydrogens is 324 g/mol. The summed E-state index contributed by atoms with van der Waals surface area (Å²) in [5.41, 5.74) is 2.66. The molecule has 2 unspecified atom stereocenters. The van der Waals surface area contributed by atoms with Crippen LogP contribution in [0, 0.1) is 0 Å². The van der Waals surface area contributed by atoms with Crippen LogP contribution in [0.3, 0.4) is 0 Å². The second-order valence-electron chi connectivity index (χ2n) is 7.84. The SMILES string of the molecule is CCCCCC(=O)N1CCNC(CN(C)C2CCCc3cccnc32)C1. The van der Waals surface area contributed by atoms with Gasteiger partial charge in [-0.1, -0.05) is 25.8 Å². The minimum Gasteiger partial charge on any atom is -0.340 e. The molecule has 1 saturated heterocycles. The quantitative estimate of drug-likeness (QED) is 0.762. The average molecular weight is 359 g/mol. The number of amides is 1. The maximum Gasteiger partial charge on any atom is 0.222 e. The zero-order chi connectivity index (χ0) is 18.4. The van der Waals surface area contributed by atoms with Gasteiger partial charge in [-0.25, -0.2) is 0 Å². The normalized spacial score (nSPS) is 23.1. The third-order valence-corrected chi connectivity index (χ3v) is 5.81. The van der Waals surface area contributed by atoms with Gasteiger partial charge in [-0.2, -0.15) is 0 Å². The summed E-state index contributed by atoms with van der Waals surface area (Å²) in [6, 6.07) is 5.01. The molecule has 0 spiro atoms. The molecule has 1 aliphatic carbocycles. The van der Waals surface area contributed by atoms with E-state index in [-0.39, 0.29) is 0 Å². The molecule has 2 atom stereocenters. The van der Waals surface area contributed by atoms with Crippen molar-refractivity contribution in [3.8, 4) is 0 Å². The van der Waals surface area contributed by atoms with E-state index in [0.29, 0.717) is 24.4 Å². The van der Waals surface area contributed by atoms with Gasteiger partial charge in [-0.15, -0.1) is 0 Å². The number of nitrogens with one attached hydrogen (secondary N) is 1. The van der Waals surface area contributed by atoms with E-state index in [4.69, 9.17) is 0 Å². The first-order valence-corrected chi connectivity index (χ1v) is 10.3. The molecule has 2 aliphatic rings. The van der Waals surface area contributed by atoms with Gasteiger partial charge in [0.15, 0.2) is 0 Å². The smallest absolute Gasteiger partial charge is 0.222 e. The Hall–Kier alpha value is -1.46. The number of aryl methyl sites for hydroxylation is 1. The largest absolute Gasteiger partial charge is 0.340 e. The Morgan fingerprint density at radius 1 is 1.42 bits per heavy atom. The second-order valence-corrected chi connectivity index (χ2v) is 7.84. The molecule has 0 radical (unpaired) electrons. The summed E-state index contributed by atoms with van der Waals surface area (Å²) in [4.78, 5) is 21.6. The lowest BCUT2D eigenvalue weighted by Crippen LogP contribution is -2.56. The van der Waals surface area contributed by atoms with Gasteiger partial charge in [-0.3, -0.25) is 14.7 Å². The van der Waals surface area contributed by atoms with E-state index >= 15 is 0 Å². The molecule has 0 aromatic carbocycles. The van der Waals surface area contributed by atoms with Gasteiger partial charge in [-0.05, 0) is 44.4 Å². The number of carbonyl (C=O) groups is 1. The van der Waals surface area contributed by atoms with Crippen LogP contribution in [0.4, 0.5) is 0 Å². The van der Waals surface area contributed by atoms with Crippen molar-refractivity contribution >= 4 is 5.91 Å². The number of carbonyl (C=O) groups excluding carboxylic acids is 1.